The molecule has 10 heteroatoms. The Bertz CT molecular complexity index is 1110. The van der Waals surface area contributed by atoms with E-state index in [1.54, 1.807) is 0 Å². The van der Waals surface area contributed by atoms with E-state index in [2.05, 4.69) is 15.6 Å². The monoisotopic (exact) mass is 399 g/mol. The van der Waals surface area contributed by atoms with Crippen LogP contribution in [-0.4, -0.2) is 34.3 Å². The SMILES string of the molecule is CNC(=O)c1ncn(-c2ccc(NC(=O)c3cccc(F)c3F)cc2)c1C(N)=O. The lowest BCUT2D eigenvalue weighted by atomic mass is 10.2. The van der Waals surface area contributed by atoms with Crippen LogP contribution >= 0.6 is 0 Å². The van der Waals surface area contributed by atoms with Gasteiger partial charge in [-0.3, -0.25) is 19.0 Å². The fourth-order valence-corrected chi connectivity index (χ4v) is 2.65. The van der Waals surface area contributed by atoms with Gasteiger partial charge in [-0.15, -0.1) is 0 Å². The van der Waals surface area contributed by atoms with Gasteiger partial charge in [0, 0.05) is 18.4 Å². The van der Waals surface area contributed by atoms with Gasteiger partial charge in [-0.05, 0) is 36.4 Å². The van der Waals surface area contributed by atoms with Crippen molar-refractivity contribution in [2.45, 2.75) is 0 Å². The van der Waals surface area contributed by atoms with Gasteiger partial charge >= 0.3 is 0 Å². The Morgan fingerprint density at radius 1 is 1.03 bits per heavy atom. The summed E-state index contributed by atoms with van der Waals surface area (Å²) >= 11 is 0. The first-order valence-corrected chi connectivity index (χ1v) is 8.28. The van der Waals surface area contributed by atoms with Gasteiger partial charge in [0.1, 0.15) is 12.0 Å². The molecule has 3 aromatic rings. The lowest BCUT2D eigenvalue weighted by Gasteiger charge is -2.10. The largest absolute Gasteiger partial charge is 0.364 e. The van der Waals surface area contributed by atoms with E-state index in [-0.39, 0.29) is 11.4 Å². The van der Waals surface area contributed by atoms with E-state index < -0.39 is 34.9 Å². The van der Waals surface area contributed by atoms with Crippen LogP contribution < -0.4 is 16.4 Å². The molecule has 0 unspecified atom stereocenters. The van der Waals surface area contributed by atoms with Gasteiger partial charge in [0.25, 0.3) is 17.7 Å². The van der Waals surface area contributed by atoms with E-state index in [9.17, 15) is 23.2 Å². The van der Waals surface area contributed by atoms with Crippen LogP contribution in [0.1, 0.15) is 31.3 Å². The Kier molecular flexibility index (Phi) is 5.35. The lowest BCUT2D eigenvalue weighted by molar-refractivity contribution is 0.0937. The van der Waals surface area contributed by atoms with Crippen LogP contribution in [0.3, 0.4) is 0 Å². The predicted octanol–water partition coefficient (Wildman–Crippen LogP) is 1.86. The Balaban J connectivity index is 1.87. The highest BCUT2D eigenvalue weighted by Gasteiger charge is 2.22. The van der Waals surface area contributed by atoms with E-state index in [0.29, 0.717) is 11.4 Å². The minimum absolute atomic E-state index is 0.108. The van der Waals surface area contributed by atoms with E-state index in [1.165, 1.54) is 48.3 Å². The van der Waals surface area contributed by atoms with Gasteiger partial charge in [0.05, 0.1) is 5.56 Å². The second-order valence-corrected chi connectivity index (χ2v) is 5.86. The zero-order valence-corrected chi connectivity index (χ0v) is 15.1. The molecular formula is C19H15F2N5O3. The summed E-state index contributed by atoms with van der Waals surface area (Å²) < 4.78 is 28.3. The fraction of sp³-hybridized carbons (Fsp3) is 0.0526. The number of hydrogen-bond donors (Lipinski definition) is 3. The normalized spacial score (nSPS) is 10.4. The van der Waals surface area contributed by atoms with Gasteiger partial charge in [0.15, 0.2) is 17.3 Å². The first-order chi connectivity index (χ1) is 13.8. The first kappa shape index (κ1) is 19.7. The number of aromatic nitrogens is 2. The van der Waals surface area contributed by atoms with Gasteiger partial charge in [0.2, 0.25) is 0 Å². The summed E-state index contributed by atoms with van der Waals surface area (Å²) in [5.74, 6) is -4.61. The molecule has 4 N–H and O–H groups in total. The van der Waals surface area contributed by atoms with Crippen LogP contribution in [0.5, 0.6) is 0 Å². The lowest BCUT2D eigenvalue weighted by Crippen LogP contribution is -2.25. The third-order valence-corrected chi connectivity index (χ3v) is 4.04. The average Bonchev–Trinajstić information content (AvgIpc) is 3.15. The highest BCUT2D eigenvalue weighted by Crippen LogP contribution is 2.19. The predicted molar refractivity (Wildman–Crippen MR) is 99.8 cm³/mol. The molecule has 0 aliphatic heterocycles. The first-order valence-electron chi connectivity index (χ1n) is 8.28. The summed E-state index contributed by atoms with van der Waals surface area (Å²) in [5.41, 5.74) is 5.45. The summed E-state index contributed by atoms with van der Waals surface area (Å²) in [6.07, 6.45) is 1.26. The summed E-state index contributed by atoms with van der Waals surface area (Å²) in [6.45, 7) is 0. The van der Waals surface area contributed by atoms with Crippen molar-refractivity contribution >= 4 is 23.4 Å². The van der Waals surface area contributed by atoms with Gasteiger partial charge in [-0.2, -0.15) is 0 Å². The Hall–Kier alpha value is -4.08. The molecule has 0 atom stereocenters. The molecular weight excluding hydrogens is 384 g/mol. The summed E-state index contributed by atoms with van der Waals surface area (Å²) in [7, 11) is 1.39. The molecule has 148 valence electrons. The molecule has 0 saturated heterocycles. The maximum atomic E-state index is 13.7. The summed E-state index contributed by atoms with van der Waals surface area (Å²) in [6, 6.07) is 9.31. The highest BCUT2D eigenvalue weighted by molar-refractivity contribution is 6.05. The smallest absolute Gasteiger partial charge is 0.272 e. The van der Waals surface area contributed by atoms with Crippen molar-refractivity contribution in [3.63, 3.8) is 0 Å². The van der Waals surface area contributed by atoms with E-state index >= 15 is 0 Å². The van der Waals surface area contributed by atoms with Crippen LogP contribution in [0.25, 0.3) is 5.69 Å². The standard InChI is InChI=1S/C19H15F2N5O3/c1-23-19(29)15-16(17(22)27)26(9-24-15)11-7-5-10(6-8-11)25-18(28)12-3-2-4-13(20)14(12)21/h2-9H,1H3,(H2,22,27)(H,23,29)(H,25,28). The zero-order valence-electron chi connectivity index (χ0n) is 15.1. The molecule has 3 rings (SSSR count). The summed E-state index contributed by atoms with van der Waals surface area (Å²) in [5, 5.41) is 4.82. The molecule has 8 nitrogen and oxygen atoms in total. The fourth-order valence-electron chi connectivity index (χ4n) is 2.65. The minimum atomic E-state index is -1.24. The third kappa shape index (κ3) is 3.81. The number of anilines is 1. The van der Waals surface area contributed by atoms with E-state index in [0.717, 1.165) is 12.1 Å². The molecule has 0 saturated carbocycles. The Morgan fingerprint density at radius 3 is 2.34 bits per heavy atom. The minimum Gasteiger partial charge on any atom is -0.364 e. The number of nitrogens with zero attached hydrogens (tertiary/aromatic N) is 2. The number of halogens is 2. The number of primary amides is 1. The van der Waals surface area contributed by atoms with Gasteiger partial charge in [-0.1, -0.05) is 6.07 Å². The molecule has 0 radical (unpaired) electrons. The van der Waals surface area contributed by atoms with Crippen LogP contribution in [-0.2, 0) is 0 Å². The molecule has 2 aromatic carbocycles. The molecule has 0 fully saturated rings. The number of imidazole rings is 1. The number of nitrogens with one attached hydrogen (secondary N) is 2. The quantitative estimate of drug-likeness (QED) is 0.607. The maximum absolute atomic E-state index is 13.7. The zero-order chi connectivity index (χ0) is 21.1. The molecule has 3 amide bonds. The van der Waals surface area contributed by atoms with Crippen LogP contribution in [0.15, 0.2) is 48.8 Å². The van der Waals surface area contributed by atoms with Crippen LogP contribution in [0.4, 0.5) is 14.5 Å². The molecule has 1 aromatic heterocycles. The maximum Gasteiger partial charge on any atom is 0.272 e. The number of nitrogens with two attached hydrogens (primary N) is 1. The van der Waals surface area contributed by atoms with Crippen molar-refractivity contribution in [1.29, 1.82) is 0 Å². The average molecular weight is 399 g/mol. The van der Waals surface area contributed by atoms with Crippen molar-refractivity contribution < 1.29 is 23.2 Å². The van der Waals surface area contributed by atoms with Crippen molar-refractivity contribution in [2.24, 2.45) is 5.73 Å². The summed E-state index contributed by atoms with van der Waals surface area (Å²) in [4.78, 5) is 39.7. The Morgan fingerprint density at radius 2 is 1.72 bits per heavy atom. The number of benzene rings is 2. The van der Waals surface area contributed by atoms with Gasteiger partial charge < -0.3 is 16.4 Å². The second kappa shape index (κ2) is 7.89. The van der Waals surface area contributed by atoms with Crippen molar-refractivity contribution in [3.8, 4) is 5.69 Å². The molecule has 0 spiro atoms. The number of carbonyl (C=O) groups excluding carboxylic acids is 3. The number of rotatable bonds is 5. The van der Waals surface area contributed by atoms with Crippen molar-refractivity contribution in [1.82, 2.24) is 14.9 Å². The number of hydrogen-bond acceptors (Lipinski definition) is 4. The topological polar surface area (TPSA) is 119 Å². The van der Waals surface area contributed by atoms with Crippen LogP contribution in [0, 0.1) is 11.6 Å². The van der Waals surface area contributed by atoms with Crippen LogP contribution in [0.2, 0.25) is 0 Å². The van der Waals surface area contributed by atoms with E-state index in [4.69, 9.17) is 5.73 Å². The number of carbonyl (C=O) groups is 3. The highest BCUT2D eigenvalue weighted by atomic mass is 19.2. The second-order valence-electron chi connectivity index (χ2n) is 5.86. The van der Waals surface area contributed by atoms with Gasteiger partial charge in [-0.25, -0.2) is 13.8 Å². The van der Waals surface area contributed by atoms with Crippen molar-refractivity contribution in [2.75, 3.05) is 12.4 Å². The molecule has 0 aliphatic rings. The molecule has 0 bridgehead atoms. The molecule has 29 heavy (non-hydrogen) atoms. The van der Waals surface area contributed by atoms with Crippen molar-refractivity contribution in [3.05, 3.63) is 77.4 Å². The third-order valence-electron chi connectivity index (χ3n) is 4.04. The Labute approximate surface area is 163 Å². The molecule has 1 heterocycles. The number of amides is 3. The van der Waals surface area contributed by atoms with E-state index in [1.807, 2.05) is 0 Å². The molecule has 0 aliphatic carbocycles.